The second-order valence-corrected chi connectivity index (χ2v) is 6.25. The van der Waals surface area contributed by atoms with E-state index in [2.05, 4.69) is 6.92 Å². The summed E-state index contributed by atoms with van der Waals surface area (Å²) >= 11 is 0. The first-order valence-electron chi connectivity index (χ1n) is 5.78. The van der Waals surface area contributed by atoms with Crippen LogP contribution >= 0.6 is 0 Å². The first kappa shape index (κ1) is 10.8. The number of hydrogen-bond acceptors (Lipinski definition) is 2. The van der Waals surface area contributed by atoms with Gasteiger partial charge in [-0.1, -0.05) is 6.92 Å². The maximum atomic E-state index is 11.8. The Hall–Kier alpha value is -0.730. The Morgan fingerprint density at radius 1 is 1.47 bits per heavy atom. The number of rotatable bonds is 0. The monoisotopic (exact) mass is 211 g/mol. The molecular weight excluding hydrogens is 190 g/mol. The molecule has 0 bridgehead atoms. The number of nitrogens with zero attached hydrogens (tertiary/aromatic N) is 1. The Kier molecular flexibility index (Phi) is 2.25. The van der Waals surface area contributed by atoms with Gasteiger partial charge in [0, 0.05) is 13.1 Å². The summed E-state index contributed by atoms with van der Waals surface area (Å²) in [5.41, 5.74) is 0.0104. The van der Waals surface area contributed by atoms with E-state index in [1.54, 1.807) is 0 Å². The molecule has 2 aliphatic rings. The molecule has 0 spiro atoms. The van der Waals surface area contributed by atoms with Crippen molar-refractivity contribution >= 4 is 6.09 Å². The molecule has 0 aromatic carbocycles. The molecular formula is C12H21NO2. The summed E-state index contributed by atoms with van der Waals surface area (Å²) in [6.45, 7) is 9.80. The predicted molar refractivity (Wildman–Crippen MR) is 58.6 cm³/mol. The highest BCUT2D eigenvalue weighted by Gasteiger charge is 2.51. The second kappa shape index (κ2) is 3.13. The molecule has 0 aromatic rings. The zero-order valence-electron chi connectivity index (χ0n) is 10.2. The maximum absolute atomic E-state index is 11.8. The smallest absolute Gasteiger partial charge is 0.410 e. The van der Waals surface area contributed by atoms with Crippen LogP contribution in [0.2, 0.25) is 0 Å². The van der Waals surface area contributed by atoms with Crippen LogP contribution in [-0.2, 0) is 4.74 Å². The Bertz CT molecular complexity index is 282. The molecule has 86 valence electrons. The van der Waals surface area contributed by atoms with Gasteiger partial charge in [-0.2, -0.15) is 0 Å². The average molecular weight is 211 g/mol. The third-order valence-corrected chi connectivity index (χ3v) is 3.69. The third kappa shape index (κ3) is 1.97. The molecule has 1 saturated carbocycles. The van der Waals surface area contributed by atoms with Crippen molar-refractivity contribution in [2.24, 2.45) is 11.3 Å². The van der Waals surface area contributed by atoms with Crippen LogP contribution in [0.4, 0.5) is 4.79 Å². The minimum Gasteiger partial charge on any atom is -0.444 e. The lowest BCUT2D eigenvalue weighted by atomic mass is 9.64. The number of hydrogen-bond donors (Lipinski definition) is 0. The first-order chi connectivity index (χ1) is 6.80. The third-order valence-electron chi connectivity index (χ3n) is 3.69. The van der Waals surface area contributed by atoms with Crippen LogP contribution in [0.3, 0.4) is 0 Å². The topological polar surface area (TPSA) is 29.5 Å². The molecule has 2 rings (SSSR count). The zero-order valence-corrected chi connectivity index (χ0v) is 10.2. The molecule has 15 heavy (non-hydrogen) atoms. The van der Waals surface area contributed by atoms with Gasteiger partial charge in [0.15, 0.2) is 0 Å². The predicted octanol–water partition coefficient (Wildman–Crippen LogP) is 2.65. The lowest BCUT2D eigenvalue weighted by molar-refractivity contribution is 0.0275. The van der Waals surface area contributed by atoms with Crippen LogP contribution in [-0.4, -0.2) is 29.7 Å². The Labute approximate surface area is 91.8 Å². The molecule has 1 heterocycles. The van der Waals surface area contributed by atoms with Gasteiger partial charge in [0.1, 0.15) is 5.60 Å². The summed E-state index contributed by atoms with van der Waals surface area (Å²) in [5.74, 6) is 0.713. The zero-order chi connectivity index (χ0) is 11.3. The van der Waals surface area contributed by atoms with Crippen molar-refractivity contribution in [3.05, 3.63) is 0 Å². The van der Waals surface area contributed by atoms with Crippen LogP contribution < -0.4 is 0 Å². The Morgan fingerprint density at radius 2 is 2.13 bits per heavy atom. The van der Waals surface area contributed by atoms with Gasteiger partial charge in [-0.15, -0.1) is 0 Å². The van der Waals surface area contributed by atoms with Gasteiger partial charge in [0.25, 0.3) is 0 Å². The number of carbonyl (C=O) groups is 1. The maximum Gasteiger partial charge on any atom is 0.410 e. The van der Waals surface area contributed by atoms with Gasteiger partial charge in [-0.25, -0.2) is 4.79 Å². The van der Waals surface area contributed by atoms with E-state index in [4.69, 9.17) is 4.74 Å². The van der Waals surface area contributed by atoms with E-state index in [0.29, 0.717) is 11.3 Å². The van der Waals surface area contributed by atoms with Crippen molar-refractivity contribution in [1.29, 1.82) is 0 Å². The van der Waals surface area contributed by atoms with E-state index in [-0.39, 0.29) is 11.7 Å². The summed E-state index contributed by atoms with van der Waals surface area (Å²) in [5, 5.41) is 0. The first-order valence-corrected chi connectivity index (χ1v) is 5.78. The van der Waals surface area contributed by atoms with Gasteiger partial charge in [-0.05, 0) is 44.9 Å². The number of carbonyl (C=O) groups excluding carboxylic acids is 1. The molecule has 0 radical (unpaired) electrons. The van der Waals surface area contributed by atoms with Crippen molar-refractivity contribution in [2.75, 3.05) is 13.1 Å². The molecule has 0 aromatic heterocycles. The largest absolute Gasteiger partial charge is 0.444 e. The molecule has 2 atom stereocenters. The van der Waals surface area contributed by atoms with Gasteiger partial charge in [-0.3, -0.25) is 0 Å². The standard InChI is InChI=1S/C12H21NO2/c1-11(2,3)15-10(14)13-7-9-5-6-12(9,4)8-13/h9H,5-8H2,1-4H3. The molecule has 1 amide bonds. The van der Waals surface area contributed by atoms with E-state index in [0.717, 1.165) is 13.1 Å². The normalized spacial score (nSPS) is 34.7. The fraction of sp³-hybridized carbons (Fsp3) is 0.917. The molecule has 1 saturated heterocycles. The summed E-state index contributed by atoms with van der Waals surface area (Å²) in [4.78, 5) is 13.7. The summed E-state index contributed by atoms with van der Waals surface area (Å²) in [7, 11) is 0. The molecule has 1 aliphatic carbocycles. The molecule has 2 fully saturated rings. The minimum atomic E-state index is -0.375. The molecule has 0 N–H and O–H groups in total. The van der Waals surface area contributed by atoms with Crippen molar-refractivity contribution in [3.8, 4) is 0 Å². The highest BCUT2D eigenvalue weighted by molar-refractivity contribution is 5.68. The lowest BCUT2D eigenvalue weighted by Gasteiger charge is -2.40. The van der Waals surface area contributed by atoms with Gasteiger partial charge in [0.05, 0.1) is 0 Å². The van der Waals surface area contributed by atoms with Crippen molar-refractivity contribution in [3.63, 3.8) is 0 Å². The number of ether oxygens (including phenoxy) is 1. The summed E-state index contributed by atoms with van der Waals surface area (Å²) in [6.07, 6.45) is 2.39. The fourth-order valence-electron chi connectivity index (χ4n) is 2.59. The minimum absolute atomic E-state index is 0.141. The van der Waals surface area contributed by atoms with Crippen molar-refractivity contribution in [2.45, 2.75) is 46.1 Å². The fourth-order valence-corrected chi connectivity index (χ4v) is 2.59. The highest BCUT2D eigenvalue weighted by Crippen LogP contribution is 2.51. The molecule has 3 heteroatoms. The number of amides is 1. The van der Waals surface area contributed by atoms with E-state index in [1.165, 1.54) is 12.8 Å². The molecule has 3 nitrogen and oxygen atoms in total. The van der Waals surface area contributed by atoms with Crippen molar-refractivity contribution < 1.29 is 9.53 Å². The van der Waals surface area contributed by atoms with Gasteiger partial charge < -0.3 is 9.64 Å². The lowest BCUT2D eigenvalue weighted by Crippen LogP contribution is -2.37. The van der Waals surface area contributed by atoms with E-state index < -0.39 is 0 Å². The quantitative estimate of drug-likeness (QED) is 0.616. The highest BCUT2D eigenvalue weighted by atomic mass is 16.6. The number of likely N-dealkylation sites (tertiary alicyclic amines) is 1. The average Bonchev–Trinajstić information content (AvgIpc) is 2.26. The van der Waals surface area contributed by atoms with Gasteiger partial charge in [0.2, 0.25) is 0 Å². The SMILES string of the molecule is CC(C)(C)OC(=O)N1CC2CCC2(C)C1. The van der Waals surface area contributed by atoms with Crippen LogP contribution in [0.15, 0.2) is 0 Å². The van der Waals surface area contributed by atoms with E-state index in [9.17, 15) is 4.79 Å². The Morgan fingerprint density at radius 3 is 2.47 bits per heavy atom. The van der Waals surface area contributed by atoms with Gasteiger partial charge >= 0.3 is 6.09 Å². The van der Waals surface area contributed by atoms with Crippen LogP contribution in [0.25, 0.3) is 0 Å². The van der Waals surface area contributed by atoms with Crippen molar-refractivity contribution in [1.82, 2.24) is 4.90 Å². The van der Waals surface area contributed by atoms with E-state index >= 15 is 0 Å². The van der Waals surface area contributed by atoms with Crippen LogP contribution in [0, 0.1) is 11.3 Å². The van der Waals surface area contributed by atoms with Crippen LogP contribution in [0.1, 0.15) is 40.5 Å². The Balaban J connectivity index is 1.94. The summed E-state index contributed by atoms with van der Waals surface area (Å²) < 4.78 is 5.38. The van der Waals surface area contributed by atoms with E-state index in [1.807, 2.05) is 25.7 Å². The molecule has 2 unspecified atom stereocenters. The molecule has 1 aliphatic heterocycles. The van der Waals surface area contributed by atoms with Crippen LogP contribution in [0.5, 0.6) is 0 Å². The second-order valence-electron chi connectivity index (χ2n) is 6.25. The number of fused-ring (bicyclic) bond motifs is 1. The summed E-state index contributed by atoms with van der Waals surface area (Å²) in [6, 6.07) is 0.